The maximum atomic E-state index is 3.06. The van der Waals surface area contributed by atoms with E-state index in [9.17, 15) is 0 Å². The Balaban J connectivity index is 0.000000261. The molecule has 0 saturated heterocycles. The van der Waals surface area contributed by atoms with E-state index < -0.39 is 0 Å². The summed E-state index contributed by atoms with van der Waals surface area (Å²) in [6.45, 7) is 25.2. The van der Waals surface area contributed by atoms with E-state index in [0.29, 0.717) is 5.92 Å². The Bertz CT molecular complexity index is 2210. The topological polar surface area (TPSA) is 0 Å². The molecule has 0 aliphatic carbocycles. The van der Waals surface area contributed by atoms with Crippen LogP contribution in [0.25, 0.3) is 54.9 Å². The average Bonchev–Trinajstić information content (AvgIpc) is 3.67. The van der Waals surface area contributed by atoms with Gasteiger partial charge in [-0.15, -0.1) is 63.0 Å². The van der Waals surface area contributed by atoms with E-state index in [2.05, 4.69) is 191 Å². The molecule has 0 aromatic heterocycles. The van der Waals surface area contributed by atoms with Crippen LogP contribution in [-0.2, 0) is 28.8 Å². The van der Waals surface area contributed by atoms with Crippen LogP contribution >= 0.6 is 0 Å². The van der Waals surface area contributed by atoms with Crippen molar-refractivity contribution in [3.8, 4) is 33.4 Å². The Morgan fingerprint density at radius 1 is 0.519 bits per heavy atom. The van der Waals surface area contributed by atoms with Crippen LogP contribution in [0.2, 0.25) is 0 Å². The second-order valence-corrected chi connectivity index (χ2v) is 15.4. The summed E-state index contributed by atoms with van der Waals surface area (Å²) in [6.07, 6.45) is 0. The molecule has 0 spiro atoms. The standard InChI is InChI=1S/C26H25.C22H25.2CH3.Si.Zr/c1-16-6-17(2)9-21(8-16)22-14-24-12-20(5)13-25(24)26(15-22)23-10-18(3)7-19(4)11-23;1-15(2)18-13-17-7-6-8-20(21(17)14-18)16-9-11-19(12-10-16)22(3,4)5;;;;/h6-15H,1-5H3;6-15H,1-5H3;2*1H3;;/q4*-1;;. The predicted molar refractivity (Wildman–Crippen MR) is 230 cm³/mol. The minimum absolute atomic E-state index is 0. The minimum atomic E-state index is 0. The quantitative estimate of drug-likeness (QED) is 0.123. The molecular formula is C50H56SiZr-4. The summed E-state index contributed by atoms with van der Waals surface area (Å²) in [5, 5.41) is 5.39. The van der Waals surface area contributed by atoms with Crippen LogP contribution in [0.4, 0.5) is 0 Å². The van der Waals surface area contributed by atoms with Crippen LogP contribution < -0.4 is 0 Å². The first kappa shape index (κ1) is 42.8. The molecule has 0 heterocycles. The van der Waals surface area contributed by atoms with Crippen LogP contribution in [0, 0.1) is 49.5 Å². The molecule has 0 fully saturated rings. The summed E-state index contributed by atoms with van der Waals surface area (Å²) >= 11 is 1.36. The van der Waals surface area contributed by atoms with Gasteiger partial charge >= 0.3 is 30.2 Å². The first-order chi connectivity index (χ1) is 23.7. The number of aryl methyl sites for hydroxylation is 5. The third-order valence-corrected chi connectivity index (χ3v) is 9.56. The SMILES string of the molecule is CC(C)c1cc2c(-c3ccc(C(C)(C)C)cc3)cccc2[cH-]1.Cc1cc(C)cc(-c2cc(-c3cc(C)cc(C)c3)c3cc(C)[cH-]c3c2)c1.[CH3-].[CH3-].[Si]=[Zr]. The van der Waals surface area contributed by atoms with Crippen molar-refractivity contribution >= 4 is 28.4 Å². The van der Waals surface area contributed by atoms with Crippen molar-refractivity contribution in [1.29, 1.82) is 0 Å². The zero-order valence-electron chi connectivity index (χ0n) is 33.5. The molecule has 0 bridgehead atoms. The second-order valence-electron chi connectivity index (χ2n) is 15.4. The molecule has 268 valence electrons. The Morgan fingerprint density at radius 2 is 1.04 bits per heavy atom. The zero-order chi connectivity index (χ0) is 36.3. The van der Waals surface area contributed by atoms with Crippen LogP contribution in [0.15, 0.2) is 115 Å². The predicted octanol–water partition coefficient (Wildman–Crippen LogP) is 14.6. The van der Waals surface area contributed by atoms with Gasteiger partial charge in [-0.1, -0.05) is 153 Å². The Hall–Kier alpha value is -3.58. The first-order valence-corrected chi connectivity index (χ1v) is 21.9. The number of fused-ring (bicyclic) bond motifs is 2. The van der Waals surface area contributed by atoms with E-state index in [-0.39, 0.29) is 20.3 Å². The summed E-state index contributed by atoms with van der Waals surface area (Å²) in [5.74, 6) is 0.573. The van der Waals surface area contributed by atoms with Gasteiger partial charge in [-0.3, -0.25) is 0 Å². The Morgan fingerprint density at radius 3 is 1.58 bits per heavy atom. The molecule has 7 rings (SSSR count). The van der Waals surface area contributed by atoms with Gasteiger partial charge in [0.25, 0.3) is 0 Å². The molecule has 0 aliphatic rings. The summed E-state index contributed by atoms with van der Waals surface area (Å²) in [7, 11) is 0. The molecule has 0 amide bonds. The van der Waals surface area contributed by atoms with Crippen molar-refractivity contribution in [3.05, 3.63) is 169 Å². The first-order valence-electron chi connectivity index (χ1n) is 17.7. The monoisotopic (exact) mass is 774 g/mol. The normalized spacial score (nSPS) is 10.9. The van der Waals surface area contributed by atoms with E-state index >= 15 is 0 Å². The van der Waals surface area contributed by atoms with Gasteiger partial charge in [0.05, 0.1) is 0 Å². The number of hydrogen-bond donors (Lipinski definition) is 0. The second kappa shape index (κ2) is 18.0. The van der Waals surface area contributed by atoms with Crippen LogP contribution in [0.1, 0.15) is 79.5 Å². The van der Waals surface area contributed by atoms with Gasteiger partial charge in [0.15, 0.2) is 0 Å². The van der Waals surface area contributed by atoms with E-state index in [1.165, 1.54) is 117 Å². The molecular weight excluding hydrogens is 720 g/mol. The van der Waals surface area contributed by atoms with Gasteiger partial charge in [-0.05, 0) is 61.3 Å². The Kier molecular flexibility index (Phi) is 14.8. The summed E-state index contributed by atoms with van der Waals surface area (Å²) in [6, 6.07) is 43.3. The molecule has 0 unspecified atom stereocenters. The van der Waals surface area contributed by atoms with Gasteiger partial charge < -0.3 is 14.9 Å². The van der Waals surface area contributed by atoms with Crippen molar-refractivity contribution in [2.45, 2.75) is 80.6 Å². The molecule has 2 heteroatoms. The number of rotatable bonds is 4. The molecule has 0 N–H and O–H groups in total. The van der Waals surface area contributed by atoms with Gasteiger partial charge in [0, 0.05) is 0 Å². The third kappa shape index (κ3) is 9.89. The van der Waals surface area contributed by atoms with Crippen LogP contribution in [0.3, 0.4) is 0 Å². The van der Waals surface area contributed by atoms with E-state index in [4.69, 9.17) is 0 Å². The molecule has 0 saturated carbocycles. The fourth-order valence-corrected chi connectivity index (χ4v) is 7.14. The molecule has 0 nitrogen and oxygen atoms in total. The van der Waals surface area contributed by atoms with Crippen molar-refractivity contribution in [2.75, 3.05) is 0 Å². The van der Waals surface area contributed by atoms with Gasteiger partial charge in [-0.2, -0.15) is 12.1 Å². The fourth-order valence-electron chi connectivity index (χ4n) is 7.14. The zero-order valence-corrected chi connectivity index (χ0v) is 37.0. The van der Waals surface area contributed by atoms with E-state index in [1.54, 1.807) is 0 Å². The van der Waals surface area contributed by atoms with Crippen LogP contribution in [0.5, 0.6) is 0 Å². The summed E-state index contributed by atoms with van der Waals surface area (Å²) < 4.78 is 0. The van der Waals surface area contributed by atoms with Crippen molar-refractivity contribution < 1.29 is 23.3 Å². The number of hydrogen-bond acceptors (Lipinski definition) is 0. The molecule has 52 heavy (non-hydrogen) atoms. The molecule has 0 atom stereocenters. The van der Waals surface area contributed by atoms with E-state index in [1.807, 2.05) is 0 Å². The van der Waals surface area contributed by atoms with Gasteiger partial charge in [0.2, 0.25) is 0 Å². The van der Waals surface area contributed by atoms with Crippen LogP contribution in [-0.4, -0.2) is 6.88 Å². The van der Waals surface area contributed by atoms with Crippen molar-refractivity contribution in [2.24, 2.45) is 0 Å². The van der Waals surface area contributed by atoms with Gasteiger partial charge in [0.1, 0.15) is 0 Å². The number of benzene rings is 5. The molecule has 7 aromatic rings. The van der Waals surface area contributed by atoms with Gasteiger partial charge in [-0.25, -0.2) is 0 Å². The van der Waals surface area contributed by atoms with E-state index in [0.717, 1.165) is 0 Å². The average molecular weight is 776 g/mol. The summed E-state index contributed by atoms with van der Waals surface area (Å²) in [5.41, 5.74) is 17.5. The third-order valence-electron chi connectivity index (χ3n) is 9.56. The van der Waals surface area contributed by atoms with Crippen molar-refractivity contribution in [3.63, 3.8) is 0 Å². The maximum absolute atomic E-state index is 3.06. The Labute approximate surface area is 332 Å². The van der Waals surface area contributed by atoms with Crippen molar-refractivity contribution in [1.82, 2.24) is 0 Å². The molecule has 0 aliphatic heterocycles. The molecule has 7 aromatic carbocycles. The fraction of sp³-hybridized carbons (Fsp3) is 0.240. The summed E-state index contributed by atoms with van der Waals surface area (Å²) in [4.78, 5) is 0. The molecule has 2 radical (unpaired) electrons.